The third-order valence-electron chi connectivity index (χ3n) is 4.80. The molecule has 1 amide bonds. The SMILES string of the molecule is COc1cc(C(=O)Nc2cc(CC3CCCCC3)[nH]n2)cc(Cl)c1OC. The Morgan fingerprint density at radius 2 is 2.00 bits per heavy atom. The molecule has 0 radical (unpaired) electrons. The Morgan fingerprint density at radius 1 is 1.23 bits per heavy atom. The number of anilines is 1. The molecule has 1 aliphatic rings. The Bertz CT molecular complexity index is 769. The molecule has 1 aromatic heterocycles. The molecule has 0 unspecified atom stereocenters. The summed E-state index contributed by atoms with van der Waals surface area (Å²) >= 11 is 6.17. The molecule has 1 aromatic carbocycles. The van der Waals surface area contributed by atoms with Gasteiger partial charge < -0.3 is 14.8 Å². The molecule has 6 nitrogen and oxygen atoms in total. The van der Waals surface area contributed by atoms with E-state index < -0.39 is 0 Å². The lowest BCUT2D eigenvalue weighted by Gasteiger charge is -2.20. The smallest absolute Gasteiger partial charge is 0.257 e. The number of hydrogen-bond acceptors (Lipinski definition) is 4. The van der Waals surface area contributed by atoms with Gasteiger partial charge in [0.05, 0.1) is 19.2 Å². The molecule has 3 rings (SSSR count). The van der Waals surface area contributed by atoms with Crippen LogP contribution in [-0.2, 0) is 6.42 Å². The average Bonchev–Trinajstić information content (AvgIpc) is 3.08. The number of ether oxygens (including phenoxy) is 2. The Kier molecular flexibility index (Phi) is 6.04. The van der Waals surface area contributed by atoms with Gasteiger partial charge in [-0.1, -0.05) is 43.7 Å². The molecule has 0 bridgehead atoms. The van der Waals surface area contributed by atoms with Gasteiger partial charge in [0.1, 0.15) is 0 Å². The molecule has 1 fully saturated rings. The molecule has 0 spiro atoms. The van der Waals surface area contributed by atoms with Crippen molar-refractivity contribution in [2.75, 3.05) is 19.5 Å². The van der Waals surface area contributed by atoms with Crippen molar-refractivity contribution in [1.29, 1.82) is 0 Å². The van der Waals surface area contributed by atoms with E-state index in [4.69, 9.17) is 21.1 Å². The highest BCUT2D eigenvalue weighted by Crippen LogP contribution is 2.36. The van der Waals surface area contributed by atoms with Crippen LogP contribution in [0.15, 0.2) is 18.2 Å². The normalized spacial score (nSPS) is 14.9. The molecule has 0 saturated heterocycles. The second-order valence-corrected chi connectivity index (χ2v) is 7.04. The van der Waals surface area contributed by atoms with Gasteiger partial charge in [-0.3, -0.25) is 9.89 Å². The second-order valence-electron chi connectivity index (χ2n) is 6.63. The Balaban J connectivity index is 1.67. The average molecular weight is 378 g/mol. The summed E-state index contributed by atoms with van der Waals surface area (Å²) in [7, 11) is 3.00. The molecule has 140 valence electrons. The van der Waals surface area contributed by atoms with E-state index in [9.17, 15) is 4.79 Å². The van der Waals surface area contributed by atoms with E-state index in [1.165, 1.54) is 46.3 Å². The lowest BCUT2D eigenvalue weighted by atomic mass is 9.86. The van der Waals surface area contributed by atoms with E-state index in [0.717, 1.165) is 12.1 Å². The van der Waals surface area contributed by atoms with Crippen LogP contribution in [0.25, 0.3) is 0 Å². The Morgan fingerprint density at radius 3 is 2.69 bits per heavy atom. The molecular formula is C19H24ClN3O3. The first-order valence-electron chi connectivity index (χ1n) is 8.88. The summed E-state index contributed by atoms with van der Waals surface area (Å²) in [5.41, 5.74) is 1.43. The highest BCUT2D eigenvalue weighted by molar-refractivity contribution is 6.32. The van der Waals surface area contributed by atoms with Crippen molar-refractivity contribution < 1.29 is 14.3 Å². The number of aromatic amines is 1. The molecule has 0 atom stereocenters. The van der Waals surface area contributed by atoms with E-state index in [2.05, 4.69) is 15.5 Å². The number of methoxy groups -OCH3 is 2. The van der Waals surface area contributed by atoms with Gasteiger partial charge in [0.25, 0.3) is 5.91 Å². The van der Waals surface area contributed by atoms with Crippen LogP contribution in [0.2, 0.25) is 5.02 Å². The van der Waals surface area contributed by atoms with Crippen molar-refractivity contribution in [3.05, 3.63) is 34.5 Å². The van der Waals surface area contributed by atoms with E-state index in [-0.39, 0.29) is 5.91 Å². The molecule has 1 saturated carbocycles. The number of rotatable bonds is 6. The number of H-pyrrole nitrogens is 1. The van der Waals surface area contributed by atoms with Gasteiger partial charge in [0.15, 0.2) is 17.3 Å². The molecule has 1 heterocycles. The van der Waals surface area contributed by atoms with Crippen LogP contribution >= 0.6 is 11.6 Å². The highest BCUT2D eigenvalue weighted by Gasteiger charge is 2.18. The maximum Gasteiger partial charge on any atom is 0.257 e. The number of aromatic nitrogens is 2. The van der Waals surface area contributed by atoms with Crippen molar-refractivity contribution in [2.45, 2.75) is 38.5 Å². The summed E-state index contributed by atoms with van der Waals surface area (Å²) in [5.74, 6) is 1.72. The number of amides is 1. The van der Waals surface area contributed by atoms with Crippen molar-refractivity contribution in [3.63, 3.8) is 0 Å². The topological polar surface area (TPSA) is 76.2 Å². The summed E-state index contributed by atoms with van der Waals surface area (Å²) in [6.45, 7) is 0. The predicted molar refractivity (Wildman–Crippen MR) is 101 cm³/mol. The Hall–Kier alpha value is -2.21. The molecular weight excluding hydrogens is 354 g/mol. The number of nitrogens with zero attached hydrogens (tertiary/aromatic N) is 1. The van der Waals surface area contributed by atoms with Gasteiger partial charge in [0, 0.05) is 17.3 Å². The minimum atomic E-state index is -0.302. The zero-order valence-electron chi connectivity index (χ0n) is 15.1. The summed E-state index contributed by atoms with van der Waals surface area (Å²) in [6.07, 6.45) is 7.47. The van der Waals surface area contributed by atoms with Crippen LogP contribution in [0.3, 0.4) is 0 Å². The van der Waals surface area contributed by atoms with E-state index in [1.54, 1.807) is 12.1 Å². The first-order valence-corrected chi connectivity index (χ1v) is 9.25. The number of hydrogen-bond donors (Lipinski definition) is 2. The van der Waals surface area contributed by atoms with Crippen LogP contribution in [0.4, 0.5) is 5.82 Å². The zero-order valence-corrected chi connectivity index (χ0v) is 15.9. The van der Waals surface area contributed by atoms with Crippen LogP contribution in [0.5, 0.6) is 11.5 Å². The third kappa shape index (κ3) is 4.30. The quantitative estimate of drug-likeness (QED) is 0.779. The zero-order chi connectivity index (χ0) is 18.5. The van der Waals surface area contributed by atoms with E-state index in [1.807, 2.05) is 6.07 Å². The molecule has 2 aromatic rings. The first-order chi connectivity index (χ1) is 12.6. The van der Waals surface area contributed by atoms with Gasteiger partial charge in [-0.2, -0.15) is 5.10 Å². The second kappa shape index (κ2) is 8.45. The van der Waals surface area contributed by atoms with E-state index in [0.29, 0.717) is 33.8 Å². The number of carbonyl (C=O) groups excluding carboxylic acids is 1. The summed E-state index contributed by atoms with van der Waals surface area (Å²) < 4.78 is 10.4. The fourth-order valence-electron chi connectivity index (χ4n) is 3.47. The summed E-state index contributed by atoms with van der Waals surface area (Å²) in [5, 5.41) is 10.3. The number of benzene rings is 1. The fraction of sp³-hybridized carbons (Fsp3) is 0.474. The number of halogens is 1. The minimum Gasteiger partial charge on any atom is -0.493 e. The molecule has 7 heteroatoms. The van der Waals surface area contributed by atoms with Crippen molar-refractivity contribution in [1.82, 2.24) is 10.2 Å². The first kappa shape index (κ1) is 18.6. The van der Waals surface area contributed by atoms with Crippen LogP contribution in [0, 0.1) is 5.92 Å². The molecule has 2 N–H and O–H groups in total. The van der Waals surface area contributed by atoms with Crippen LogP contribution < -0.4 is 14.8 Å². The third-order valence-corrected chi connectivity index (χ3v) is 5.08. The summed E-state index contributed by atoms with van der Waals surface area (Å²) in [4.78, 5) is 12.5. The monoisotopic (exact) mass is 377 g/mol. The van der Waals surface area contributed by atoms with Gasteiger partial charge in [-0.15, -0.1) is 0 Å². The lowest BCUT2D eigenvalue weighted by molar-refractivity contribution is 0.102. The Labute approximate surface area is 158 Å². The molecule has 26 heavy (non-hydrogen) atoms. The minimum absolute atomic E-state index is 0.302. The fourth-order valence-corrected chi connectivity index (χ4v) is 3.76. The van der Waals surface area contributed by atoms with E-state index >= 15 is 0 Å². The van der Waals surface area contributed by atoms with Gasteiger partial charge >= 0.3 is 0 Å². The number of carbonyl (C=O) groups is 1. The largest absolute Gasteiger partial charge is 0.493 e. The van der Waals surface area contributed by atoms with Gasteiger partial charge in [-0.05, 0) is 24.5 Å². The van der Waals surface area contributed by atoms with Crippen LogP contribution in [0.1, 0.15) is 48.2 Å². The predicted octanol–water partition coefficient (Wildman–Crippen LogP) is 4.46. The number of nitrogens with one attached hydrogen (secondary N) is 2. The highest BCUT2D eigenvalue weighted by atomic mass is 35.5. The van der Waals surface area contributed by atoms with Crippen molar-refractivity contribution >= 4 is 23.3 Å². The molecule has 0 aliphatic heterocycles. The van der Waals surface area contributed by atoms with Crippen LogP contribution in [-0.4, -0.2) is 30.3 Å². The maximum absolute atomic E-state index is 12.5. The lowest BCUT2D eigenvalue weighted by Crippen LogP contribution is -2.12. The standard InChI is InChI=1S/C19H24ClN3O3/c1-25-16-10-13(9-15(20)18(16)26-2)19(24)21-17-11-14(22-23-17)8-12-6-4-3-5-7-12/h9-12H,3-8H2,1-2H3,(H2,21,22,23,24). The van der Waals surface area contributed by atoms with Crippen molar-refractivity contribution in [3.8, 4) is 11.5 Å². The molecule has 1 aliphatic carbocycles. The maximum atomic E-state index is 12.5. The van der Waals surface area contributed by atoms with Gasteiger partial charge in [0.2, 0.25) is 0 Å². The van der Waals surface area contributed by atoms with Crippen molar-refractivity contribution in [2.24, 2.45) is 5.92 Å². The summed E-state index contributed by atoms with van der Waals surface area (Å²) in [6, 6.07) is 5.04. The van der Waals surface area contributed by atoms with Gasteiger partial charge in [-0.25, -0.2) is 0 Å².